The van der Waals surface area contributed by atoms with Gasteiger partial charge in [0.1, 0.15) is 5.75 Å². The van der Waals surface area contributed by atoms with Crippen LogP contribution >= 0.6 is 0 Å². The van der Waals surface area contributed by atoms with Crippen molar-refractivity contribution in [1.82, 2.24) is 10.2 Å². The maximum atomic E-state index is 13.0. The number of hydrogen-bond donors (Lipinski definition) is 1. The molecule has 0 atom stereocenters. The van der Waals surface area contributed by atoms with Crippen molar-refractivity contribution < 1.29 is 23.9 Å². The predicted octanol–water partition coefficient (Wildman–Crippen LogP) is 3.44. The Labute approximate surface area is 192 Å². The van der Waals surface area contributed by atoms with Gasteiger partial charge in [-0.25, -0.2) is 4.79 Å². The number of nitrogens with one attached hydrogen (secondary N) is 1. The number of ether oxygens (including phenoxy) is 2. The molecule has 0 aromatic heterocycles. The number of carbonyl (C=O) groups excluding carboxylic acids is 3. The van der Waals surface area contributed by atoms with Gasteiger partial charge in [-0.2, -0.15) is 0 Å². The Balaban J connectivity index is 1.57. The van der Waals surface area contributed by atoms with Crippen molar-refractivity contribution >= 4 is 17.8 Å². The van der Waals surface area contributed by atoms with Crippen LogP contribution in [0.5, 0.6) is 5.75 Å². The Bertz CT molecular complexity index is 1110. The van der Waals surface area contributed by atoms with Crippen LogP contribution in [0.1, 0.15) is 31.8 Å². The van der Waals surface area contributed by atoms with Gasteiger partial charge in [-0.1, -0.05) is 54.6 Å². The zero-order valence-corrected chi connectivity index (χ0v) is 18.6. The van der Waals surface area contributed by atoms with Crippen LogP contribution in [0.25, 0.3) is 0 Å². The summed E-state index contributed by atoms with van der Waals surface area (Å²) in [4.78, 5) is 39.2. The number of carbonyl (C=O) groups is 3. The van der Waals surface area contributed by atoms with Gasteiger partial charge in [0.25, 0.3) is 11.8 Å². The van der Waals surface area contributed by atoms with Gasteiger partial charge >= 0.3 is 5.97 Å². The van der Waals surface area contributed by atoms with E-state index in [0.29, 0.717) is 12.3 Å². The van der Waals surface area contributed by atoms with Gasteiger partial charge in [0, 0.05) is 20.1 Å². The van der Waals surface area contributed by atoms with Crippen molar-refractivity contribution in [3.05, 3.63) is 101 Å². The third-order valence-electron chi connectivity index (χ3n) is 4.94. The molecule has 1 N–H and O–H groups in total. The van der Waals surface area contributed by atoms with E-state index >= 15 is 0 Å². The van der Waals surface area contributed by atoms with Crippen molar-refractivity contribution in [3.63, 3.8) is 0 Å². The van der Waals surface area contributed by atoms with E-state index in [4.69, 9.17) is 9.47 Å². The van der Waals surface area contributed by atoms with Crippen molar-refractivity contribution in [2.75, 3.05) is 20.8 Å². The van der Waals surface area contributed by atoms with Crippen molar-refractivity contribution in [2.24, 2.45) is 0 Å². The summed E-state index contributed by atoms with van der Waals surface area (Å²) >= 11 is 0. The van der Waals surface area contributed by atoms with E-state index in [2.05, 4.69) is 5.32 Å². The monoisotopic (exact) mass is 446 g/mol. The summed E-state index contributed by atoms with van der Waals surface area (Å²) in [6.45, 7) is 0.216. The van der Waals surface area contributed by atoms with Gasteiger partial charge < -0.3 is 19.7 Å². The third-order valence-corrected chi connectivity index (χ3v) is 4.94. The first kappa shape index (κ1) is 23.5. The number of esters is 1. The fraction of sp³-hybridized carbons (Fsp3) is 0.192. The summed E-state index contributed by atoms with van der Waals surface area (Å²) in [5.74, 6) is -0.805. The first-order valence-corrected chi connectivity index (χ1v) is 10.4. The molecule has 3 rings (SSSR count). The van der Waals surface area contributed by atoms with E-state index in [-0.39, 0.29) is 23.6 Å². The van der Waals surface area contributed by atoms with E-state index in [1.54, 1.807) is 38.4 Å². The van der Waals surface area contributed by atoms with Gasteiger partial charge in [-0.15, -0.1) is 0 Å². The Morgan fingerprint density at radius 1 is 0.848 bits per heavy atom. The lowest BCUT2D eigenvalue weighted by molar-refractivity contribution is -0.124. The second-order valence-electron chi connectivity index (χ2n) is 7.40. The van der Waals surface area contributed by atoms with E-state index in [1.807, 2.05) is 48.5 Å². The molecule has 0 bridgehead atoms. The average molecular weight is 447 g/mol. The maximum absolute atomic E-state index is 13.0. The van der Waals surface area contributed by atoms with Crippen LogP contribution in [0.15, 0.2) is 78.9 Å². The Morgan fingerprint density at radius 3 is 2.24 bits per heavy atom. The van der Waals surface area contributed by atoms with E-state index in [9.17, 15) is 14.4 Å². The fourth-order valence-corrected chi connectivity index (χ4v) is 3.23. The fourth-order valence-electron chi connectivity index (χ4n) is 3.23. The van der Waals surface area contributed by atoms with Crippen molar-refractivity contribution in [3.8, 4) is 5.75 Å². The molecule has 0 heterocycles. The number of benzene rings is 3. The van der Waals surface area contributed by atoms with Gasteiger partial charge in [0.05, 0.1) is 18.2 Å². The summed E-state index contributed by atoms with van der Waals surface area (Å²) in [5, 5.41) is 2.69. The highest BCUT2D eigenvalue weighted by atomic mass is 16.5. The van der Waals surface area contributed by atoms with E-state index in [1.165, 1.54) is 11.0 Å². The number of nitrogens with zero attached hydrogens (tertiary/aromatic N) is 1. The second-order valence-corrected chi connectivity index (χ2v) is 7.40. The highest BCUT2D eigenvalue weighted by molar-refractivity contribution is 6.05. The van der Waals surface area contributed by atoms with Crippen LogP contribution < -0.4 is 10.1 Å². The molecular weight excluding hydrogens is 420 g/mol. The number of methoxy groups -OCH3 is 1. The predicted molar refractivity (Wildman–Crippen MR) is 124 cm³/mol. The summed E-state index contributed by atoms with van der Waals surface area (Å²) in [5.41, 5.74) is 2.16. The maximum Gasteiger partial charge on any atom is 0.339 e. The molecule has 7 nitrogen and oxygen atoms in total. The van der Waals surface area contributed by atoms with Gasteiger partial charge in [0.2, 0.25) is 0 Å². The number of rotatable bonds is 9. The Kier molecular flexibility index (Phi) is 8.18. The molecule has 0 radical (unpaired) electrons. The molecule has 0 aliphatic rings. The number of amides is 2. The minimum absolute atomic E-state index is 0.114. The number of hydrogen-bond acceptors (Lipinski definition) is 5. The van der Waals surface area contributed by atoms with Gasteiger partial charge in [0.15, 0.2) is 6.61 Å². The van der Waals surface area contributed by atoms with Crippen molar-refractivity contribution in [1.29, 1.82) is 0 Å². The Hall–Kier alpha value is -4.13. The van der Waals surface area contributed by atoms with Crippen LogP contribution in [0.3, 0.4) is 0 Å². The normalized spacial score (nSPS) is 10.2. The molecule has 0 fully saturated rings. The molecule has 3 aromatic rings. The molecule has 0 saturated heterocycles. The first-order chi connectivity index (χ1) is 16.0. The lowest BCUT2D eigenvalue weighted by Gasteiger charge is -2.19. The SMILES string of the molecule is COc1cccc(CNC(=O)COC(=O)c2ccccc2C(=O)N(C)Cc2ccccc2)c1. The Morgan fingerprint density at radius 2 is 1.52 bits per heavy atom. The van der Waals surface area contributed by atoms with Crippen LogP contribution in [-0.2, 0) is 22.6 Å². The van der Waals surface area contributed by atoms with Crippen LogP contribution in [-0.4, -0.2) is 43.4 Å². The average Bonchev–Trinajstić information content (AvgIpc) is 2.86. The van der Waals surface area contributed by atoms with Gasteiger partial charge in [-0.05, 0) is 35.4 Å². The molecule has 2 amide bonds. The quantitative estimate of drug-likeness (QED) is 0.509. The van der Waals surface area contributed by atoms with Crippen LogP contribution in [0, 0.1) is 0 Å². The van der Waals surface area contributed by atoms with E-state index < -0.39 is 18.5 Å². The summed E-state index contributed by atoms with van der Waals surface area (Å²) in [6, 6.07) is 23.3. The standard InChI is InChI=1S/C26H26N2O5/c1-28(17-19-9-4-3-5-10-19)25(30)22-13-6-7-14-23(22)26(31)33-18-24(29)27-16-20-11-8-12-21(15-20)32-2/h3-15H,16-18H2,1-2H3,(H,27,29). The molecule has 0 spiro atoms. The molecule has 0 aliphatic heterocycles. The molecule has 3 aromatic carbocycles. The highest BCUT2D eigenvalue weighted by Gasteiger charge is 2.21. The molecule has 0 saturated carbocycles. The van der Waals surface area contributed by atoms with E-state index in [0.717, 1.165) is 11.1 Å². The van der Waals surface area contributed by atoms with Crippen LogP contribution in [0.4, 0.5) is 0 Å². The highest BCUT2D eigenvalue weighted by Crippen LogP contribution is 2.15. The minimum Gasteiger partial charge on any atom is -0.497 e. The lowest BCUT2D eigenvalue weighted by Crippen LogP contribution is -2.30. The summed E-state index contributed by atoms with van der Waals surface area (Å²) in [6.07, 6.45) is 0. The largest absolute Gasteiger partial charge is 0.497 e. The summed E-state index contributed by atoms with van der Waals surface area (Å²) < 4.78 is 10.3. The van der Waals surface area contributed by atoms with Crippen LogP contribution in [0.2, 0.25) is 0 Å². The molecule has 170 valence electrons. The van der Waals surface area contributed by atoms with Crippen molar-refractivity contribution in [2.45, 2.75) is 13.1 Å². The molecule has 0 unspecified atom stereocenters. The van der Waals surface area contributed by atoms with Gasteiger partial charge in [-0.3, -0.25) is 9.59 Å². The zero-order chi connectivity index (χ0) is 23.6. The molecule has 0 aliphatic carbocycles. The smallest absolute Gasteiger partial charge is 0.339 e. The molecule has 7 heteroatoms. The first-order valence-electron chi connectivity index (χ1n) is 10.4. The molecule has 33 heavy (non-hydrogen) atoms. The minimum atomic E-state index is -0.733. The third kappa shape index (κ3) is 6.67. The second kappa shape index (κ2) is 11.5. The molecular formula is C26H26N2O5. The summed E-state index contributed by atoms with van der Waals surface area (Å²) in [7, 11) is 3.24. The lowest BCUT2D eigenvalue weighted by atomic mass is 10.1. The topological polar surface area (TPSA) is 84.9 Å². The zero-order valence-electron chi connectivity index (χ0n) is 18.6.